The Bertz CT molecular complexity index is 567. The first-order chi connectivity index (χ1) is 8.41. The Hall–Kier alpha value is -0.830. The summed E-state index contributed by atoms with van der Waals surface area (Å²) in [6, 6.07) is 4.17. The minimum absolute atomic E-state index is 0.488. The lowest BCUT2D eigenvalue weighted by atomic mass is 10.0. The molecule has 3 heteroatoms. The fourth-order valence-corrected chi connectivity index (χ4v) is 2.78. The molecule has 0 aromatic carbocycles. The predicted molar refractivity (Wildman–Crippen MR) is 80.3 cm³/mol. The first-order valence-electron chi connectivity index (χ1n) is 6.58. The molecule has 0 aliphatic carbocycles. The maximum Gasteiger partial charge on any atom is 0.137 e. The number of fused-ring (bicyclic) bond motifs is 1. The number of hydrogen-bond donors (Lipinski definition) is 0. The molecule has 0 spiro atoms. The van der Waals surface area contributed by atoms with Gasteiger partial charge in [0.1, 0.15) is 5.65 Å². The van der Waals surface area contributed by atoms with E-state index >= 15 is 0 Å². The first-order valence-corrected chi connectivity index (χ1v) is 7.37. The Morgan fingerprint density at radius 1 is 1.22 bits per heavy atom. The summed E-state index contributed by atoms with van der Waals surface area (Å²) in [4.78, 5) is 4.82. The van der Waals surface area contributed by atoms with Gasteiger partial charge in [0.15, 0.2) is 0 Å². The van der Waals surface area contributed by atoms with Crippen LogP contribution in [0.2, 0.25) is 0 Å². The van der Waals surface area contributed by atoms with Crippen LogP contribution >= 0.6 is 15.9 Å². The molecule has 18 heavy (non-hydrogen) atoms. The summed E-state index contributed by atoms with van der Waals surface area (Å²) >= 11 is 3.61. The van der Waals surface area contributed by atoms with Crippen molar-refractivity contribution in [1.82, 2.24) is 9.38 Å². The summed E-state index contributed by atoms with van der Waals surface area (Å²) in [6.45, 7) is 11.1. The van der Waals surface area contributed by atoms with Crippen molar-refractivity contribution in [3.63, 3.8) is 0 Å². The van der Waals surface area contributed by atoms with Gasteiger partial charge < -0.3 is 0 Å². The first kappa shape index (κ1) is 13.6. The quantitative estimate of drug-likeness (QED) is 0.801. The van der Waals surface area contributed by atoms with Crippen LogP contribution < -0.4 is 0 Å². The van der Waals surface area contributed by atoms with Gasteiger partial charge in [-0.05, 0) is 53.2 Å². The van der Waals surface area contributed by atoms with Gasteiger partial charge in [-0.1, -0.05) is 27.7 Å². The maximum atomic E-state index is 4.82. The molecule has 0 bridgehead atoms. The normalized spacial score (nSPS) is 12.0. The third-order valence-electron chi connectivity index (χ3n) is 3.22. The van der Waals surface area contributed by atoms with E-state index in [4.69, 9.17) is 4.98 Å². The van der Waals surface area contributed by atoms with Crippen molar-refractivity contribution in [2.75, 3.05) is 0 Å². The van der Waals surface area contributed by atoms with Crippen LogP contribution in [0.3, 0.4) is 0 Å². The van der Waals surface area contributed by atoms with Crippen LogP contribution in [0.4, 0.5) is 0 Å². The van der Waals surface area contributed by atoms with Gasteiger partial charge in [-0.25, -0.2) is 4.98 Å². The van der Waals surface area contributed by atoms with Crippen LogP contribution in [-0.4, -0.2) is 9.38 Å². The SMILES string of the molecule is Cc1c(Br)ccc2nc(CC(C)C)c(C(C)C)n12. The van der Waals surface area contributed by atoms with Gasteiger partial charge in [0.05, 0.1) is 5.69 Å². The zero-order valence-electron chi connectivity index (χ0n) is 11.8. The summed E-state index contributed by atoms with van der Waals surface area (Å²) in [7, 11) is 0. The highest BCUT2D eigenvalue weighted by Crippen LogP contribution is 2.27. The Labute approximate surface area is 118 Å². The number of hydrogen-bond acceptors (Lipinski definition) is 1. The van der Waals surface area contributed by atoms with E-state index in [0.29, 0.717) is 11.8 Å². The van der Waals surface area contributed by atoms with Gasteiger partial charge in [0.2, 0.25) is 0 Å². The monoisotopic (exact) mass is 308 g/mol. The zero-order chi connectivity index (χ0) is 13.4. The molecule has 0 saturated heterocycles. The number of nitrogens with zero attached hydrogens (tertiary/aromatic N) is 2. The number of aromatic nitrogens is 2. The Balaban J connectivity index is 2.73. The van der Waals surface area contributed by atoms with Gasteiger partial charge in [-0.2, -0.15) is 0 Å². The van der Waals surface area contributed by atoms with Crippen molar-refractivity contribution in [3.8, 4) is 0 Å². The van der Waals surface area contributed by atoms with E-state index in [1.165, 1.54) is 17.1 Å². The highest BCUT2D eigenvalue weighted by atomic mass is 79.9. The van der Waals surface area contributed by atoms with Crippen LogP contribution in [0.25, 0.3) is 5.65 Å². The van der Waals surface area contributed by atoms with Crippen LogP contribution in [0, 0.1) is 12.8 Å². The maximum absolute atomic E-state index is 4.82. The highest BCUT2D eigenvalue weighted by molar-refractivity contribution is 9.10. The minimum Gasteiger partial charge on any atom is -0.300 e. The van der Waals surface area contributed by atoms with Crippen LogP contribution in [0.15, 0.2) is 16.6 Å². The molecule has 2 aromatic heterocycles. The number of pyridine rings is 1. The number of imidazole rings is 1. The molecule has 2 heterocycles. The molecule has 0 radical (unpaired) electrons. The molecule has 2 aromatic rings. The van der Waals surface area contributed by atoms with Crippen molar-refractivity contribution in [2.45, 2.75) is 47.0 Å². The van der Waals surface area contributed by atoms with Crippen molar-refractivity contribution in [2.24, 2.45) is 5.92 Å². The lowest BCUT2D eigenvalue weighted by molar-refractivity contribution is 0.625. The molecule has 0 saturated carbocycles. The van der Waals surface area contributed by atoms with E-state index in [2.05, 4.69) is 67.1 Å². The summed E-state index contributed by atoms with van der Waals surface area (Å²) in [6.07, 6.45) is 1.05. The molecular weight excluding hydrogens is 288 g/mol. The molecule has 2 nitrogen and oxygen atoms in total. The van der Waals surface area contributed by atoms with E-state index in [-0.39, 0.29) is 0 Å². The average Bonchev–Trinajstić information content (AvgIpc) is 2.61. The summed E-state index contributed by atoms with van der Waals surface area (Å²) in [5, 5.41) is 0. The minimum atomic E-state index is 0.488. The molecule has 0 atom stereocenters. The van der Waals surface area contributed by atoms with Crippen molar-refractivity contribution >= 4 is 21.6 Å². The van der Waals surface area contributed by atoms with E-state index in [1.54, 1.807) is 0 Å². The molecule has 0 amide bonds. The van der Waals surface area contributed by atoms with Gasteiger partial charge in [0, 0.05) is 15.9 Å². The fraction of sp³-hybridized carbons (Fsp3) is 0.533. The smallest absolute Gasteiger partial charge is 0.137 e. The van der Waals surface area contributed by atoms with Gasteiger partial charge >= 0.3 is 0 Å². The average molecular weight is 309 g/mol. The Kier molecular flexibility index (Phi) is 3.81. The predicted octanol–water partition coefficient (Wildman–Crippen LogP) is 4.73. The number of halogens is 1. The highest BCUT2D eigenvalue weighted by Gasteiger charge is 2.18. The van der Waals surface area contributed by atoms with Crippen molar-refractivity contribution in [1.29, 1.82) is 0 Å². The molecule has 0 aliphatic rings. The van der Waals surface area contributed by atoms with Crippen LogP contribution in [-0.2, 0) is 6.42 Å². The lowest BCUT2D eigenvalue weighted by Crippen LogP contribution is -2.04. The zero-order valence-corrected chi connectivity index (χ0v) is 13.4. The molecule has 0 unspecified atom stereocenters. The standard InChI is InChI=1S/C15H21BrN2/c1-9(2)8-13-15(10(3)4)18-11(5)12(16)6-7-14(18)17-13/h6-7,9-10H,8H2,1-5H3. The van der Waals surface area contributed by atoms with Gasteiger partial charge in [0.25, 0.3) is 0 Å². The van der Waals surface area contributed by atoms with Gasteiger partial charge in [-0.3, -0.25) is 4.40 Å². The summed E-state index contributed by atoms with van der Waals surface area (Å²) in [5.41, 5.74) is 4.91. The second-order valence-corrected chi connectivity index (χ2v) is 6.51. The van der Waals surface area contributed by atoms with E-state index in [1.807, 2.05) is 0 Å². The second-order valence-electron chi connectivity index (χ2n) is 5.66. The molecule has 2 rings (SSSR count). The fourth-order valence-electron chi connectivity index (χ4n) is 2.47. The molecular formula is C15H21BrN2. The molecule has 98 valence electrons. The molecule has 0 N–H and O–H groups in total. The topological polar surface area (TPSA) is 17.3 Å². The van der Waals surface area contributed by atoms with Crippen molar-refractivity contribution < 1.29 is 0 Å². The Morgan fingerprint density at radius 3 is 2.44 bits per heavy atom. The summed E-state index contributed by atoms with van der Waals surface area (Å²) < 4.78 is 3.44. The molecule has 0 fully saturated rings. The van der Waals surface area contributed by atoms with Gasteiger partial charge in [-0.15, -0.1) is 0 Å². The van der Waals surface area contributed by atoms with Crippen LogP contribution in [0.1, 0.15) is 50.7 Å². The van der Waals surface area contributed by atoms with E-state index < -0.39 is 0 Å². The number of rotatable bonds is 3. The largest absolute Gasteiger partial charge is 0.300 e. The van der Waals surface area contributed by atoms with E-state index in [0.717, 1.165) is 16.5 Å². The summed E-state index contributed by atoms with van der Waals surface area (Å²) in [5.74, 6) is 1.12. The third-order valence-corrected chi connectivity index (χ3v) is 4.06. The second kappa shape index (κ2) is 5.04. The lowest BCUT2D eigenvalue weighted by Gasteiger charge is -2.12. The van der Waals surface area contributed by atoms with E-state index in [9.17, 15) is 0 Å². The third kappa shape index (κ3) is 2.33. The van der Waals surface area contributed by atoms with Crippen molar-refractivity contribution in [3.05, 3.63) is 33.7 Å². The molecule has 0 aliphatic heterocycles. The Morgan fingerprint density at radius 2 is 1.89 bits per heavy atom. The van der Waals surface area contributed by atoms with Crippen LogP contribution in [0.5, 0.6) is 0 Å². The number of aryl methyl sites for hydroxylation is 1.